The van der Waals surface area contributed by atoms with Crippen LogP contribution >= 0.6 is 11.8 Å². The monoisotopic (exact) mass is 365 g/mol. The maximum Gasteiger partial charge on any atom is 0.442 e. The number of aromatic nitrogens is 3. The molecule has 0 aromatic carbocycles. The Balaban J connectivity index is 2.00. The van der Waals surface area contributed by atoms with E-state index in [4.69, 9.17) is 0 Å². The summed E-state index contributed by atoms with van der Waals surface area (Å²) in [6, 6.07) is 0. The van der Waals surface area contributed by atoms with Gasteiger partial charge in [0.05, 0.1) is 12.3 Å². The van der Waals surface area contributed by atoms with Gasteiger partial charge in [-0.3, -0.25) is 4.79 Å². The number of likely N-dealkylation sites (tertiary alicyclic amines) is 1. The fraction of sp³-hybridized carbons (Fsp3) is 0.786. The highest BCUT2D eigenvalue weighted by Crippen LogP contribution is 2.31. The normalized spacial score (nSPS) is 19.1. The van der Waals surface area contributed by atoms with Crippen molar-refractivity contribution < 1.29 is 18.0 Å². The Kier molecular flexibility index (Phi) is 6.13. The molecule has 24 heavy (non-hydrogen) atoms. The average molecular weight is 365 g/mol. The van der Waals surface area contributed by atoms with Crippen molar-refractivity contribution in [2.45, 2.75) is 30.8 Å². The van der Waals surface area contributed by atoms with Gasteiger partial charge in [-0.1, -0.05) is 0 Å². The number of rotatable bonds is 5. The van der Waals surface area contributed by atoms with Crippen LogP contribution in [0.15, 0.2) is 0 Å². The summed E-state index contributed by atoms with van der Waals surface area (Å²) in [6.45, 7) is 1.54. The van der Waals surface area contributed by atoms with Crippen molar-refractivity contribution in [1.29, 1.82) is 0 Å². The topological polar surface area (TPSA) is 54.3 Å². The third-order valence-corrected chi connectivity index (χ3v) is 4.67. The molecule has 1 atom stereocenters. The van der Waals surface area contributed by atoms with E-state index >= 15 is 0 Å². The lowest BCUT2D eigenvalue weighted by Crippen LogP contribution is -2.41. The van der Waals surface area contributed by atoms with Gasteiger partial charge in [-0.05, 0) is 38.7 Å². The van der Waals surface area contributed by atoms with Gasteiger partial charge >= 0.3 is 5.51 Å². The first-order valence-electron chi connectivity index (χ1n) is 7.68. The Labute approximate surface area is 143 Å². The molecule has 0 spiro atoms. The zero-order valence-corrected chi connectivity index (χ0v) is 14.8. The van der Waals surface area contributed by atoms with Gasteiger partial charge in [-0.2, -0.15) is 13.2 Å². The summed E-state index contributed by atoms with van der Waals surface area (Å²) in [5.41, 5.74) is -4.38. The fourth-order valence-corrected chi connectivity index (χ4v) is 3.27. The number of alkyl halides is 3. The molecule has 0 saturated carbocycles. The largest absolute Gasteiger partial charge is 0.442 e. The van der Waals surface area contributed by atoms with Crippen LogP contribution in [0.25, 0.3) is 0 Å². The van der Waals surface area contributed by atoms with Crippen molar-refractivity contribution >= 4 is 17.7 Å². The Bertz CT molecular complexity index is 575. The molecule has 1 aliphatic rings. The first-order chi connectivity index (χ1) is 11.2. The molecule has 10 heteroatoms. The minimum Gasteiger partial charge on any atom is -0.341 e. The maximum absolute atomic E-state index is 12.3. The van der Waals surface area contributed by atoms with E-state index in [-0.39, 0.29) is 17.7 Å². The van der Waals surface area contributed by atoms with Crippen LogP contribution in [-0.4, -0.2) is 68.9 Å². The Hall–Kier alpha value is -1.29. The van der Waals surface area contributed by atoms with Crippen LogP contribution in [0.3, 0.4) is 0 Å². The summed E-state index contributed by atoms with van der Waals surface area (Å²) >= 11 is -0.283. The first-order valence-corrected chi connectivity index (χ1v) is 8.67. The highest BCUT2D eigenvalue weighted by molar-refractivity contribution is 8.00. The molecule has 0 N–H and O–H groups in total. The van der Waals surface area contributed by atoms with Gasteiger partial charge in [-0.15, -0.1) is 10.2 Å². The van der Waals surface area contributed by atoms with Crippen molar-refractivity contribution in [2.24, 2.45) is 7.05 Å². The van der Waals surface area contributed by atoms with Gasteiger partial charge in [0.25, 0.3) is 0 Å². The summed E-state index contributed by atoms with van der Waals surface area (Å²) < 4.78 is 38.7. The van der Waals surface area contributed by atoms with Crippen LogP contribution in [-0.2, 0) is 18.4 Å². The van der Waals surface area contributed by atoms with Gasteiger partial charge in [0.2, 0.25) is 5.91 Å². The number of nitrogens with zero attached hydrogens (tertiary/aromatic N) is 5. The molecule has 2 rings (SSSR count). The summed E-state index contributed by atoms with van der Waals surface area (Å²) in [5, 5.41) is 8.42. The number of hydrogen-bond donors (Lipinski definition) is 0. The maximum atomic E-state index is 12.3. The average Bonchev–Trinajstić information content (AvgIpc) is 2.85. The number of piperidine rings is 1. The van der Waals surface area contributed by atoms with E-state index in [9.17, 15) is 18.0 Å². The van der Waals surface area contributed by atoms with Crippen LogP contribution in [0.1, 0.15) is 30.4 Å². The van der Waals surface area contributed by atoms with E-state index in [2.05, 4.69) is 10.2 Å². The molecule has 1 aliphatic heterocycles. The minimum atomic E-state index is -4.38. The van der Waals surface area contributed by atoms with Gasteiger partial charge in [0, 0.05) is 26.1 Å². The Morgan fingerprint density at radius 2 is 2.08 bits per heavy atom. The number of amides is 1. The van der Waals surface area contributed by atoms with Gasteiger partial charge in [-0.25, -0.2) is 0 Å². The standard InChI is InChI=1S/C14H22F3N5OS/c1-20(2)8-11-18-19-13(21(11)3)10-5-4-6-22(7-10)12(23)9-24-14(15,16)17/h10H,4-9H2,1-3H3. The van der Waals surface area contributed by atoms with E-state index in [1.54, 1.807) is 0 Å². The minimum absolute atomic E-state index is 0.00648. The zero-order valence-electron chi connectivity index (χ0n) is 14.0. The molecule has 1 fully saturated rings. The fourth-order valence-electron chi connectivity index (χ4n) is 2.80. The molecule has 0 aliphatic carbocycles. The van der Waals surface area contributed by atoms with Crippen molar-refractivity contribution in [1.82, 2.24) is 24.6 Å². The van der Waals surface area contributed by atoms with E-state index in [1.807, 2.05) is 30.6 Å². The van der Waals surface area contributed by atoms with Gasteiger partial charge in [0.1, 0.15) is 11.6 Å². The zero-order chi connectivity index (χ0) is 17.9. The predicted octanol–water partition coefficient (Wildman–Crippen LogP) is 1.84. The molecular formula is C14H22F3N5OS. The third-order valence-electron chi connectivity index (χ3n) is 3.95. The van der Waals surface area contributed by atoms with Gasteiger partial charge in [0.15, 0.2) is 0 Å². The highest BCUT2D eigenvalue weighted by atomic mass is 32.2. The van der Waals surface area contributed by atoms with Crippen LogP contribution in [0.4, 0.5) is 13.2 Å². The Morgan fingerprint density at radius 1 is 1.38 bits per heavy atom. The third kappa shape index (κ3) is 5.10. The molecule has 0 radical (unpaired) electrons. The Morgan fingerprint density at radius 3 is 2.71 bits per heavy atom. The van der Waals surface area contributed by atoms with Crippen molar-refractivity contribution in [3.05, 3.63) is 11.6 Å². The van der Waals surface area contributed by atoms with E-state index < -0.39 is 17.2 Å². The number of carbonyl (C=O) groups is 1. The second kappa shape index (κ2) is 7.73. The molecule has 6 nitrogen and oxygen atoms in total. The number of halogens is 3. The SMILES string of the molecule is CN(C)Cc1nnc(C2CCCN(C(=O)CSC(F)(F)F)C2)n1C. The van der Waals surface area contributed by atoms with Crippen LogP contribution in [0.5, 0.6) is 0 Å². The second-order valence-corrected chi connectivity index (χ2v) is 7.22. The number of hydrogen-bond acceptors (Lipinski definition) is 5. The molecule has 0 bridgehead atoms. The molecule has 1 unspecified atom stereocenters. The predicted molar refractivity (Wildman–Crippen MR) is 85.5 cm³/mol. The molecule has 2 heterocycles. The van der Waals surface area contributed by atoms with Gasteiger partial charge < -0.3 is 14.4 Å². The lowest BCUT2D eigenvalue weighted by Gasteiger charge is -2.32. The lowest BCUT2D eigenvalue weighted by atomic mass is 9.97. The molecule has 1 aromatic rings. The summed E-state index contributed by atoms with van der Waals surface area (Å²) in [5.74, 6) is 0.574. The lowest BCUT2D eigenvalue weighted by molar-refractivity contribution is -0.129. The van der Waals surface area contributed by atoms with Crippen LogP contribution in [0.2, 0.25) is 0 Å². The van der Waals surface area contributed by atoms with Crippen LogP contribution < -0.4 is 0 Å². The number of carbonyl (C=O) groups excluding carboxylic acids is 1. The summed E-state index contributed by atoms with van der Waals surface area (Å²) in [4.78, 5) is 15.5. The summed E-state index contributed by atoms with van der Waals surface area (Å²) in [7, 11) is 5.76. The molecule has 1 saturated heterocycles. The van der Waals surface area contributed by atoms with Crippen molar-refractivity contribution in [3.8, 4) is 0 Å². The second-order valence-electron chi connectivity index (χ2n) is 6.18. The molecular weight excluding hydrogens is 343 g/mol. The van der Waals surface area contributed by atoms with Crippen molar-refractivity contribution in [3.63, 3.8) is 0 Å². The summed E-state index contributed by atoms with van der Waals surface area (Å²) in [6.07, 6.45) is 1.60. The molecule has 1 aromatic heterocycles. The smallest absolute Gasteiger partial charge is 0.341 e. The van der Waals surface area contributed by atoms with E-state index in [1.165, 1.54) is 4.90 Å². The molecule has 1 amide bonds. The van der Waals surface area contributed by atoms with E-state index in [0.29, 0.717) is 19.6 Å². The molecule has 136 valence electrons. The quantitative estimate of drug-likeness (QED) is 0.797. The van der Waals surface area contributed by atoms with E-state index in [0.717, 1.165) is 24.5 Å². The first kappa shape index (κ1) is 19.0. The van der Waals surface area contributed by atoms with Crippen LogP contribution in [0, 0.1) is 0 Å². The van der Waals surface area contributed by atoms with Crippen molar-refractivity contribution in [2.75, 3.05) is 32.9 Å². The number of thioether (sulfide) groups is 1. The highest BCUT2D eigenvalue weighted by Gasteiger charge is 2.33.